The third kappa shape index (κ3) is 3.32. The normalized spacial score (nSPS) is 17.7. The lowest BCUT2D eigenvalue weighted by Crippen LogP contribution is -2.54. The zero-order valence-electron chi connectivity index (χ0n) is 13.8. The van der Waals surface area contributed by atoms with Crippen molar-refractivity contribution < 1.29 is 13.9 Å². The van der Waals surface area contributed by atoms with Crippen LogP contribution in [0.4, 0.5) is 10.2 Å². The maximum absolute atomic E-state index is 13.3. The molecule has 0 N–H and O–H groups in total. The molecule has 1 saturated heterocycles. The molecule has 1 fully saturated rings. The summed E-state index contributed by atoms with van der Waals surface area (Å²) >= 11 is 0. The van der Waals surface area contributed by atoms with Crippen LogP contribution in [0, 0.1) is 5.95 Å². The third-order valence-electron chi connectivity index (χ3n) is 4.23. The van der Waals surface area contributed by atoms with Crippen LogP contribution in [0.1, 0.15) is 17.3 Å². The first kappa shape index (κ1) is 16.2. The van der Waals surface area contributed by atoms with E-state index in [4.69, 9.17) is 4.74 Å². The Morgan fingerprint density at radius 1 is 1.25 bits per heavy atom. The summed E-state index contributed by atoms with van der Waals surface area (Å²) in [5, 5.41) is 0. The minimum absolute atomic E-state index is 0.0207. The molecule has 2 heterocycles. The quantitative estimate of drug-likeness (QED) is 0.812. The molecule has 1 aromatic carbocycles. The van der Waals surface area contributed by atoms with E-state index in [1.165, 1.54) is 6.07 Å². The van der Waals surface area contributed by atoms with Crippen molar-refractivity contribution in [1.29, 1.82) is 0 Å². The first-order valence-corrected chi connectivity index (χ1v) is 7.91. The molecule has 1 aromatic heterocycles. The molecule has 5 nitrogen and oxygen atoms in total. The molecule has 1 unspecified atom stereocenters. The van der Waals surface area contributed by atoms with Gasteiger partial charge < -0.3 is 14.5 Å². The van der Waals surface area contributed by atoms with Gasteiger partial charge in [-0.1, -0.05) is 12.1 Å². The summed E-state index contributed by atoms with van der Waals surface area (Å²) in [4.78, 5) is 20.5. The molecule has 1 aliphatic heterocycles. The molecule has 2 aromatic rings. The second-order valence-corrected chi connectivity index (χ2v) is 5.84. The number of rotatable bonds is 3. The third-order valence-corrected chi connectivity index (χ3v) is 4.23. The number of pyridine rings is 1. The summed E-state index contributed by atoms with van der Waals surface area (Å²) in [5.74, 6) is 0.759. The maximum Gasteiger partial charge on any atom is 0.254 e. The van der Waals surface area contributed by atoms with Crippen molar-refractivity contribution in [2.24, 2.45) is 0 Å². The molecule has 24 heavy (non-hydrogen) atoms. The van der Waals surface area contributed by atoms with E-state index in [0.717, 1.165) is 0 Å². The zero-order valence-corrected chi connectivity index (χ0v) is 13.8. The molecular weight excluding hydrogens is 309 g/mol. The predicted octanol–water partition coefficient (Wildman–Crippen LogP) is 2.58. The molecule has 0 radical (unpaired) electrons. The minimum Gasteiger partial charge on any atom is -0.497 e. The monoisotopic (exact) mass is 329 g/mol. The SMILES string of the molecule is COc1cccc(C(=O)N2CCN(c3cccc(F)n3)C(C)C2)c1. The average Bonchev–Trinajstić information content (AvgIpc) is 2.61. The number of benzene rings is 1. The lowest BCUT2D eigenvalue weighted by Gasteiger charge is -2.40. The van der Waals surface area contributed by atoms with Gasteiger partial charge in [0.05, 0.1) is 7.11 Å². The molecular formula is C18H20FN3O2. The zero-order chi connectivity index (χ0) is 17.1. The molecule has 0 saturated carbocycles. The number of carbonyl (C=O) groups is 1. The molecule has 0 bridgehead atoms. The van der Waals surface area contributed by atoms with Gasteiger partial charge in [-0.2, -0.15) is 4.39 Å². The number of anilines is 1. The largest absolute Gasteiger partial charge is 0.497 e. The fraction of sp³-hybridized carbons (Fsp3) is 0.333. The van der Waals surface area contributed by atoms with Crippen molar-refractivity contribution >= 4 is 11.7 Å². The number of piperazine rings is 1. The first-order valence-electron chi connectivity index (χ1n) is 7.91. The number of carbonyl (C=O) groups excluding carboxylic acids is 1. The Morgan fingerprint density at radius 2 is 2.04 bits per heavy atom. The van der Waals surface area contributed by atoms with Crippen molar-refractivity contribution in [3.05, 3.63) is 54.0 Å². The molecule has 1 amide bonds. The van der Waals surface area contributed by atoms with E-state index in [2.05, 4.69) is 4.98 Å². The van der Waals surface area contributed by atoms with Gasteiger partial charge in [0.15, 0.2) is 0 Å². The lowest BCUT2D eigenvalue weighted by molar-refractivity contribution is 0.0725. The number of nitrogens with zero attached hydrogens (tertiary/aromatic N) is 3. The molecule has 0 aliphatic carbocycles. The van der Waals surface area contributed by atoms with Gasteiger partial charge in [0.2, 0.25) is 5.95 Å². The molecule has 1 atom stereocenters. The Labute approximate surface area is 140 Å². The van der Waals surface area contributed by atoms with Gasteiger partial charge in [0, 0.05) is 31.2 Å². The van der Waals surface area contributed by atoms with Crippen LogP contribution in [-0.2, 0) is 0 Å². The number of hydrogen-bond donors (Lipinski definition) is 0. The van der Waals surface area contributed by atoms with Crippen molar-refractivity contribution in [3.63, 3.8) is 0 Å². The number of halogens is 1. The van der Waals surface area contributed by atoms with Gasteiger partial charge in [-0.25, -0.2) is 4.98 Å². The molecule has 0 spiro atoms. The first-order chi connectivity index (χ1) is 11.6. The number of aromatic nitrogens is 1. The number of amides is 1. The fourth-order valence-electron chi connectivity index (χ4n) is 2.98. The van der Waals surface area contributed by atoms with Crippen LogP contribution >= 0.6 is 0 Å². The number of ether oxygens (including phenoxy) is 1. The Kier molecular flexibility index (Phi) is 4.64. The predicted molar refractivity (Wildman–Crippen MR) is 89.9 cm³/mol. The summed E-state index contributed by atoms with van der Waals surface area (Å²) in [6.45, 7) is 3.76. The van der Waals surface area contributed by atoms with Gasteiger partial charge in [-0.05, 0) is 37.3 Å². The highest BCUT2D eigenvalue weighted by Crippen LogP contribution is 2.21. The topological polar surface area (TPSA) is 45.7 Å². The number of hydrogen-bond acceptors (Lipinski definition) is 4. The highest BCUT2D eigenvalue weighted by Gasteiger charge is 2.28. The molecule has 6 heteroatoms. The van der Waals surface area contributed by atoms with Crippen LogP contribution in [0.3, 0.4) is 0 Å². The van der Waals surface area contributed by atoms with Crippen LogP contribution in [0.25, 0.3) is 0 Å². The van der Waals surface area contributed by atoms with E-state index >= 15 is 0 Å². The van der Waals surface area contributed by atoms with Crippen LogP contribution < -0.4 is 9.64 Å². The second-order valence-electron chi connectivity index (χ2n) is 5.84. The molecule has 1 aliphatic rings. The van der Waals surface area contributed by atoms with Crippen LogP contribution in [-0.4, -0.2) is 48.6 Å². The van der Waals surface area contributed by atoms with Gasteiger partial charge in [-0.3, -0.25) is 4.79 Å². The minimum atomic E-state index is -0.491. The lowest BCUT2D eigenvalue weighted by atomic mass is 10.1. The van der Waals surface area contributed by atoms with Crippen LogP contribution in [0.5, 0.6) is 5.75 Å². The van der Waals surface area contributed by atoms with E-state index in [1.807, 2.05) is 28.9 Å². The van der Waals surface area contributed by atoms with E-state index < -0.39 is 5.95 Å². The van der Waals surface area contributed by atoms with Gasteiger partial charge >= 0.3 is 0 Å². The van der Waals surface area contributed by atoms with E-state index in [0.29, 0.717) is 36.8 Å². The van der Waals surface area contributed by atoms with E-state index in [1.54, 1.807) is 31.4 Å². The summed E-state index contributed by atoms with van der Waals surface area (Å²) in [5.41, 5.74) is 0.610. The number of methoxy groups -OCH3 is 1. The smallest absolute Gasteiger partial charge is 0.254 e. The Balaban J connectivity index is 1.71. The molecule has 3 rings (SSSR count). The second kappa shape index (κ2) is 6.86. The van der Waals surface area contributed by atoms with Gasteiger partial charge in [-0.15, -0.1) is 0 Å². The summed E-state index contributed by atoms with van der Waals surface area (Å²) in [7, 11) is 1.58. The summed E-state index contributed by atoms with van der Waals surface area (Å²) < 4.78 is 18.5. The maximum atomic E-state index is 13.3. The van der Waals surface area contributed by atoms with Crippen molar-refractivity contribution in [3.8, 4) is 5.75 Å². The molecule has 126 valence electrons. The Hall–Kier alpha value is -2.63. The van der Waals surface area contributed by atoms with Crippen molar-refractivity contribution in [2.45, 2.75) is 13.0 Å². The average molecular weight is 329 g/mol. The fourth-order valence-corrected chi connectivity index (χ4v) is 2.98. The summed E-state index contributed by atoms with van der Waals surface area (Å²) in [6, 6.07) is 12.0. The van der Waals surface area contributed by atoms with E-state index in [-0.39, 0.29) is 11.9 Å². The standard InChI is InChI=1S/C18H20FN3O2/c1-13-12-21(18(23)14-5-3-6-15(11-14)24-2)9-10-22(13)17-8-4-7-16(19)20-17/h3-8,11,13H,9-10,12H2,1-2H3. The van der Waals surface area contributed by atoms with Gasteiger partial charge in [0.1, 0.15) is 11.6 Å². The van der Waals surface area contributed by atoms with Gasteiger partial charge in [0.25, 0.3) is 5.91 Å². The highest BCUT2D eigenvalue weighted by molar-refractivity contribution is 5.94. The van der Waals surface area contributed by atoms with E-state index in [9.17, 15) is 9.18 Å². The van der Waals surface area contributed by atoms with Crippen LogP contribution in [0.2, 0.25) is 0 Å². The Morgan fingerprint density at radius 3 is 2.75 bits per heavy atom. The van der Waals surface area contributed by atoms with Crippen molar-refractivity contribution in [1.82, 2.24) is 9.88 Å². The Bertz CT molecular complexity index is 738. The van der Waals surface area contributed by atoms with Crippen molar-refractivity contribution in [2.75, 3.05) is 31.6 Å². The van der Waals surface area contributed by atoms with Crippen LogP contribution in [0.15, 0.2) is 42.5 Å². The summed E-state index contributed by atoms with van der Waals surface area (Å²) in [6.07, 6.45) is 0. The highest BCUT2D eigenvalue weighted by atomic mass is 19.1.